The van der Waals surface area contributed by atoms with Gasteiger partial charge in [-0.3, -0.25) is 9.89 Å². The van der Waals surface area contributed by atoms with Gasteiger partial charge in [0.2, 0.25) is 0 Å². The van der Waals surface area contributed by atoms with Crippen LogP contribution in [0.1, 0.15) is 25.7 Å². The van der Waals surface area contributed by atoms with E-state index in [1.54, 1.807) is 37.6 Å². The molecule has 2 aromatic heterocycles. The lowest BCUT2D eigenvalue weighted by Crippen LogP contribution is -2.50. The third-order valence-corrected chi connectivity index (χ3v) is 5.71. The minimum Gasteiger partial charge on any atom is -0.305 e. The van der Waals surface area contributed by atoms with Crippen molar-refractivity contribution in [2.24, 2.45) is 0 Å². The zero-order chi connectivity index (χ0) is 20.0. The summed E-state index contributed by atoms with van der Waals surface area (Å²) in [5.41, 5.74) is 9.94. The molecule has 3 aromatic rings. The van der Waals surface area contributed by atoms with Crippen LogP contribution in [0.5, 0.6) is 0 Å². The van der Waals surface area contributed by atoms with E-state index in [9.17, 15) is 9.59 Å². The van der Waals surface area contributed by atoms with Crippen molar-refractivity contribution in [3.8, 4) is 22.5 Å². The van der Waals surface area contributed by atoms with Crippen molar-refractivity contribution < 1.29 is 9.59 Å². The second-order valence-corrected chi connectivity index (χ2v) is 7.88. The predicted octanol–water partition coefficient (Wildman–Crippen LogP) is 3.07. The Morgan fingerprint density at radius 2 is 1.89 bits per heavy atom. The molecule has 1 aliphatic carbocycles. The lowest BCUT2D eigenvalue weighted by atomic mass is 10.0. The number of hydrogen-bond donors (Lipinski definition) is 4. The van der Waals surface area contributed by atoms with Gasteiger partial charge < -0.3 is 5.32 Å². The third kappa shape index (κ3) is 2.71. The molecule has 0 spiro atoms. The van der Waals surface area contributed by atoms with Gasteiger partial charge in [0.25, 0.3) is 0 Å². The number of aromatic amines is 1. The molecule has 0 bridgehead atoms. The van der Waals surface area contributed by atoms with Crippen molar-refractivity contribution in [1.82, 2.24) is 26.2 Å². The van der Waals surface area contributed by atoms with Crippen LogP contribution in [0.15, 0.2) is 24.3 Å². The number of carbonyl (C=O) groups excluding carboxylic acids is 2. The number of hydrogen-bond acceptors (Lipinski definition) is 6. The van der Waals surface area contributed by atoms with Gasteiger partial charge >= 0.3 is 6.03 Å². The SMILES string of the molecule is CNN(NC)C(=O)Nc1cccc2c1C(=O)c1c(-c3cc(C)sc3C)n[nH]c1-2. The maximum absolute atomic E-state index is 13.3. The standard InChI is InChI=1S/C19H20N6O2S/c1-9-8-12(10(2)28-9)17-15-16(23-24-17)11-6-5-7-13(14(11)18(15)26)22-19(27)25(20-3)21-4/h5-8,20-21H,1-4H3,(H,22,27)(H,23,24). The molecule has 0 fully saturated rings. The first-order chi connectivity index (χ1) is 13.5. The number of thiophene rings is 1. The van der Waals surface area contributed by atoms with Crippen LogP contribution in [0, 0.1) is 13.8 Å². The molecular weight excluding hydrogens is 376 g/mol. The van der Waals surface area contributed by atoms with E-state index >= 15 is 0 Å². The van der Waals surface area contributed by atoms with E-state index in [0.717, 1.165) is 16.0 Å². The summed E-state index contributed by atoms with van der Waals surface area (Å²) in [6.45, 7) is 4.06. The third-order valence-electron chi connectivity index (χ3n) is 4.74. The molecule has 4 N–H and O–H groups in total. The fourth-order valence-corrected chi connectivity index (χ4v) is 4.46. The van der Waals surface area contributed by atoms with Crippen molar-refractivity contribution in [1.29, 1.82) is 0 Å². The lowest BCUT2D eigenvalue weighted by Gasteiger charge is -2.20. The van der Waals surface area contributed by atoms with Gasteiger partial charge in [-0.1, -0.05) is 12.1 Å². The van der Waals surface area contributed by atoms with Crippen molar-refractivity contribution in [3.05, 3.63) is 45.1 Å². The van der Waals surface area contributed by atoms with Crippen LogP contribution < -0.4 is 16.2 Å². The number of aryl methyl sites for hydroxylation is 2. The Kier molecular flexibility index (Phi) is 4.50. The van der Waals surface area contributed by atoms with Gasteiger partial charge in [-0.25, -0.2) is 15.6 Å². The number of nitrogens with zero attached hydrogens (tertiary/aromatic N) is 2. The van der Waals surface area contributed by atoms with Crippen molar-refractivity contribution in [3.63, 3.8) is 0 Å². The van der Waals surface area contributed by atoms with Crippen LogP contribution >= 0.6 is 11.3 Å². The van der Waals surface area contributed by atoms with E-state index in [-0.39, 0.29) is 5.78 Å². The quantitative estimate of drug-likeness (QED) is 0.397. The molecule has 0 saturated carbocycles. The number of benzene rings is 1. The maximum Gasteiger partial charge on any atom is 0.351 e. The van der Waals surface area contributed by atoms with Crippen LogP contribution in [0.3, 0.4) is 0 Å². The van der Waals surface area contributed by atoms with Crippen LogP contribution in [0.25, 0.3) is 22.5 Å². The fourth-order valence-electron chi connectivity index (χ4n) is 3.54. The Morgan fingerprint density at radius 1 is 1.14 bits per heavy atom. The first-order valence-electron chi connectivity index (χ1n) is 8.76. The van der Waals surface area contributed by atoms with Gasteiger partial charge in [-0.05, 0) is 26.0 Å². The molecule has 0 radical (unpaired) electrons. The molecule has 2 amide bonds. The number of aromatic nitrogens is 2. The number of H-pyrrole nitrogens is 1. The molecule has 0 aliphatic heterocycles. The number of urea groups is 1. The number of ketones is 1. The largest absolute Gasteiger partial charge is 0.351 e. The van der Waals surface area contributed by atoms with E-state index in [0.29, 0.717) is 28.2 Å². The molecule has 4 rings (SSSR count). The highest BCUT2D eigenvalue weighted by molar-refractivity contribution is 7.12. The van der Waals surface area contributed by atoms with Crippen LogP contribution in [0.4, 0.5) is 10.5 Å². The maximum atomic E-state index is 13.3. The highest BCUT2D eigenvalue weighted by Crippen LogP contribution is 2.44. The zero-order valence-corrected chi connectivity index (χ0v) is 16.7. The number of rotatable bonds is 4. The topological polar surface area (TPSA) is 102 Å². The number of carbonyl (C=O) groups is 2. The van der Waals surface area contributed by atoms with Crippen LogP contribution in [0.2, 0.25) is 0 Å². The number of anilines is 1. The summed E-state index contributed by atoms with van der Waals surface area (Å²) in [6.07, 6.45) is 0. The number of fused-ring (bicyclic) bond motifs is 3. The van der Waals surface area contributed by atoms with Gasteiger partial charge in [0, 0.05) is 35.0 Å². The van der Waals surface area contributed by atoms with Crippen molar-refractivity contribution >= 4 is 28.8 Å². The summed E-state index contributed by atoms with van der Waals surface area (Å²) in [5.74, 6) is -0.145. The molecule has 0 unspecified atom stereocenters. The lowest BCUT2D eigenvalue weighted by molar-refractivity contribution is 0.104. The molecule has 1 aromatic carbocycles. The van der Waals surface area contributed by atoms with E-state index < -0.39 is 6.03 Å². The predicted molar refractivity (Wildman–Crippen MR) is 109 cm³/mol. The highest BCUT2D eigenvalue weighted by atomic mass is 32.1. The number of hydrazine groups is 2. The summed E-state index contributed by atoms with van der Waals surface area (Å²) in [5, 5.41) is 11.4. The van der Waals surface area contributed by atoms with E-state index in [2.05, 4.69) is 26.4 Å². The summed E-state index contributed by atoms with van der Waals surface area (Å²) < 4.78 is 0. The summed E-state index contributed by atoms with van der Waals surface area (Å²) in [7, 11) is 3.23. The van der Waals surface area contributed by atoms with E-state index in [1.807, 2.05) is 26.0 Å². The Morgan fingerprint density at radius 3 is 2.54 bits per heavy atom. The molecule has 144 valence electrons. The molecule has 8 nitrogen and oxygen atoms in total. The monoisotopic (exact) mass is 396 g/mol. The van der Waals surface area contributed by atoms with Crippen LogP contribution in [-0.4, -0.2) is 41.2 Å². The average molecular weight is 396 g/mol. The fraction of sp³-hybridized carbons (Fsp3) is 0.211. The molecule has 1 aliphatic rings. The smallest absolute Gasteiger partial charge is 0.305 e. The summed E-state index contributed by atoms with van der Waals surface area (Å²) in [4.78, 5) is 28.0. The molecule has 28 heavy (non-hydrogen) atoms. The Balaban J connectivity index is 1.77. The van der Waals surface area contributed by atoms with Gasteiger partial charge in [0.05, 0.1) is 22.5 Å². The molecule has 2 heterocycles. The molecule has 0 atom stereocenters. The van der Waals surface area contributed by atoms with Crippen LogP contribution in [-0.2, 0) is 0 Å². The summed E-state index contributed by atoms with van der Waals surface area (Å²) in [6, 6.07) is 7.01. The van der Waals surface area contributed by atoms with Gasteiger partial charge in [0.1, 0.15) is 5.69 Å². The number of nitrogens with one attached hydrogen (secondary N) is 4. The van der Waals surface area contributed by atoms with Crippen molar-refractivity contribution in [2.75, 3.05) is 19.4 Å². The zero-order valence-electron chi connectivity index (χ0n) is 15.9. The minimum absolute atomic E-state index is 0.145. The molecule has 9 heteroatoms. The number of amides is 2. The van der Waals surface area contributed by atoms with Gasteiger partial charge in [-0.2, -0.15) is 10.2 Å². The second-order valence-electron chi connectivity index (χ2n) is 6.42. The van der Waals surface area contributed by atoms with Gasteiger partial charge in [0.15, 0.2) is 5.78 Å². The first kappa shape index (κ1) is 18.4. The van der Waals surface area contributed by atoms with Crippen molar-refractivity contribution in [2.45, 2.75) is 13.8 Å². The first-order valence-corrected chi connectivity index (χ1v) is 9.57. The molecular formula is C19H20N6O2S. The average Bonchev–Trinajstić information content (AvgIpc) is 3.31. The van der Waals surface area contributed by atoms with Gasteiger partial charge in [-0.15, -0.1) is 11.3 Å². The minimum atomic E-state index is -0.426. The normalized spacial score (nSPS) is 12.1. The highest BCUT2D eigenvalue weighted by Gasteiger charge is 2.35. The second kappa shape index (κ2) is 6.86. The Bertz CT molecular complexity index is 1100. The Hall–Kier alpha value is -3.01. The van der Waals surface area contributed by atoms with E-state index in [1.165, 1.54) is 10.00 Å². The van der Waals surface area contributed by atoms with E-state index in [4.69, 9.17) is 0 Å². The Labute approximate surface area is 165 Å². The molecule has 0 saturated heterocycles. The summed E-state index contributed by atoms with van der Waals surface area (Å²) >= 11 is 1.68.